The number of carboxylic acids is 1. The second-order valence-corrected chi connectivity index (χ2v) is 12.5. The fraction of sp³-hybridized carbons (Fsp3) is 0.471. The molecule has 2 aromatic carbocycles. The van der Waals surface area contributed by atoms with Crippen LogP contribution in [0.4, 0.5) is 8.78 Å². The number of hydrogen-bond donors (Lipinski definition) is 2. The van der Waals surface area contributed by atoms with Gasteiger partial charge in [0.15, 0.2) is 0 Å². The number of amides is 2. The van der Waals surface area contributed by atoms with Crippen molar-refractivity contribution < 1.29 is 47.5 Å². The molecule has 0 saturated carbocycles. The number of carboxylic acid groups (broad SMARTS) is 1. The van der Waals surface area contributed by atoms with Crippen LogP contribution in [0.2, 0.25) is 5.02 Å². The molecule has 2 aromatic rings. The minimum absolute atomic E-state index is 0.0235. The molecule has 0 aromatic heterocycles. The van der Waals surface area contributed by atoms with Gasteiger partial charge in [0.05, 0.1) is 36.8 Å². The summed E-state index contributed by atoms with van der Waals surface area (Å²) in [5.41, 5.74) is 1.70. The quantitative estimate of drug-likeness (QED) is 0.222. The molecule has 0 spiro atoms. The number of oxime groups is 2. The Balaban J connectivity index is 1.23. The molecule has 1 saturated heterocycles. The Bertz CT molecular complexity index is 1660. The molecule has 5 rings (SSSR count). The van der Waals surface area contributed by atoms with Crippen molar-refractivity contribution in [2.75, 3.05) is 26.2 Å². The molecule has 3 aliphatic rings. The molecule has 15 heteroatoms. The molecule has 3 heterocycles. The summed E-state index contributed by atoms with van der Waals surface area (Å²) < 4.78 is 35.2. The van der Waals surface area contributed by atoms with Crippen molar-refractivity contribution in [3.05, 3.63) is 58.1 Å². The van der Waals surface area contributed by atoms with Gasteiger partial charge in [0.25, 0.3) is 0 Å². The molecule has 0 aliphatic carbocycles. The lowest BCUT2D eigenvalue weighted by molar-refractivity contribution is -0.151. The summed E-state index contributed by atoms with van der Waals surface area (Å²) in [5, 5.41) is 19.8. The standard InChI is InChI=1S/C34H37ClF2N4O8/c1-2-47-34(46)19-7-10-41(11-8-19)31(43)18-23-15-28(39-49-23)20-5-6-26(35)24(12-20)25-13-21(36)14-27(37)33(25)29-16-22(48-40-29)17-30(42)38-9-3-4-32(44)45/h5-6,12-14,19,22-23H,2-4,7-11,15-18H2,1H3,(H,38,42)(H,44,45). The van der Waals surface area contributed by atoms with Gasteiger partial charge in [0.1, 0.15) is 23.8 Å². The summed E-state index contributed by atoms with van der Waals surface area (Å²) in [4.78, 5) is 60.7. The SMILES string of the molecule is CCOC(=O)C1CCN(C(=O)CC2CC(c3ccc(Cl)c(-c4cc(F)cc(F)c4C4=NOC(CC(=O)NCCCC(=O)O)C4)c3)=NO2)CC1. The largest absolute Gasteiger partial charge is 0.481 e. The van der Waals surface area contributed by atoms with Gasteiger partial charge in [-0.15, -0.1) is 0 Å². The fourth-order valence-corrected chi connectivity index (χ4v) is 6.30. The number of benzene rings is 2. The number of likely N-dealkylation sites (tertiary alicyclic amines) is 1. The Hall–Kier alpha value is -4.59. The van der Waals surface area contributed by atoms with Crippen molar-refractivity contribution >= 4 is 46.8 Å². The van der Waals surface area contributed by atoms with E-state index in [1.54, 1.807) is 30.0 Å². The highest BCUT2D eigenvalue weighted by atomic mass is 35.5. The average molecular weight is 703 g/mol. The highest BCUT2D eigenvalue weighted by Gasteiger charge is 2.33. The van der Waals surface area contributed by atoms with Gasteiger partial charge in [-0.05, 0) is 49.9 Å². The van der Waals surface area contributed by atoms with Gasteiger partial charge >= 0.3 is 11.9 Å². The normalized spacial score (nSPS) is 19.1. The van der Waals surface area contributed by atoms with Gasteiger partial charge in [-0.25, -0.2) is 8.78 Å². The Labute approximate surface area is 286 Å². The maximum absolute atomic E-state index is 15.4. The first-order valence-electron chi connectivity index (χ1n) is 16.2. The van der Waals surface area contributed by atoms with Crippen LogP contribution in [-0.4, -0.2) is 83.6 Å². The molecule has 2 N–H and O–H groups in total. The molecule has 0 radical (unpaired) electrons. The van der Waals surface area contributed by atoms with Crippen molar-refractivity contribution in [3.63, 3.8) is 0 Å². The zero-order valence-corrected chi connectivity index (χ0v) is 27.6. The van der Waals surface area contributed by atoms with Gasteiger partial charge in [0.2, 0.25) is 11.8 Å². The summed E-state index contributed by atoms with van der Waals surface area (Å²) in [6.07, 6.45) is 0.437. The van der Waals surface area contributed by atoms with Crippen molar-refractivity contribution in [1.82, 2.24) is 10.2 Å². The lowest BCUT2D eigenvalue weighted by atomic mass is 9.91. The number of carbonyl (C=O) groups excluding carboxylic acids is 3. The number of aliphatic carboxylic acids is 1. The van der Waals surface area contributed by atoms with Gasteiger partial charge in [-0.1, -0.05) is 28.0 Å². The molecule has 12 nitrogen and oxygen atoms in total. The first-order valence-corrected chi connectivity index (χ1v) is 16.6. The van der Waals surface area contributed by atoms with E-state index >= 15 is 4.39 Å². The number of carbonyl (C=O) groups is 4. The number of piperidine rings is 1. The van der Waals surface area contributed by atoms with Crippen LogP contribution in [-0.2, 0) is 33.6 Å². The van der Waals surface area contributed by atoms with Crippen LogP contribution < -0.4 is 5.32 Å². The number of esters is 1. The number of nitrogens with one attached hydrogen (secondary N) is 1. The third-order valence-corrected chi connectivity index (χ3v) is 8.90. The maximum Gasteiger partial charge on any atom is 0.309 e. The number of rotatable bonds is 13. The van der Waals surface area contributed by atoms with Crippen molar-refractivity contribution in [3.8, 4) is 11.1 Å². The zero-order valence-electron chi connectivity index (χ0n) is 26.9. The summed E-state index contributed by atoms with van der Waals surface area (Å²) in [7, 11) is 0. The highest BCUT2D eigenvalue weighted by molar-refractivity contribution is 6.34. The van der Waals surface area contributed by atoms with Gasteiger partial charge in [-0.2, -0.15) is 0 Å². The Kier molecular flexibility index (Phi) is 11.8. The van der Waals surface area contributed by atoms with Gasteiger partial charge < -0.3 is 29.7 Å². The van der Waals surface area contributed by atoms with E-state index in [1.165, 1.54) is 0 Å². The number of nitrogens with zero attached hydrogens (tertiary/aromatic N) is 3. The van der Waals surface area contributed by atoms with Crippen molar-refractivity contribution in [1.29, 1.82) is 0 Å². The molecular weight excluding hydrogens is 666 g/mol. The lowest BCUT2D eigenvalue weighted by Gasteiger charge is -2.31. The van der Waals surface area contributed by atoms with Crippen LogP contribution in [0.3, 0.4) is 0 Å². The summed E-state index contributed by atoms with van der Waals surface area (Å²) >= 11 is 6.57. The predicted octanol–water partition coefficient (Wildman–Crippen LogP) is 4.83. The average Bonchev–Trinajstić information content (AvgIpc) is 3.73. The van der Waals surface area contributed by atoms with Crippen LogP contribution >= 0.6 is 11.6 Å². The second kappa shape index (κ2) is 16.2. The van der Waals surface area contributed by atoms with E-state index in [0.717, 1.165) is 12.1 Å². The smallest absolute Gasteiger partial charge is 0.309 e. The zero-order chi connectivity index (χ0) is 35.1. The van der Waals surface area contributed by atoms with Crippen LogP contribution in [0.1, 0.15) is 69.4 Å². The van der Waals surface area contributed by atoms with Crippen molar-refractivity contribution in [2.24, 2.45) is 16.2 Å². The summed E-state index contributed by atoms with van der Waals surface area (Å²) in [5.74, 6) is -3.60. The molecule has 2 amide bonds. The molecular formula is C34H37ClF2N4O8. The number of ether oxygens (including phenoxy) is 1. The van der Waals surface area contributed by atoms with E-state index in [-0.39, 0.29) is 84.2 Å². The van der Waals surface area contributed by atoms with E-state index in [4.69, 9.17) is 31.1 Å². The summed E-state index contributed by atoms with van der Waals surface area (Å²) in [6.45, 7) is 3.17. The topological polar surface area (TPSA) is 156 Å². The number of halogens is 3. The highest BCUT2D eigenvalue weighted by Crippen LogP contribution is 2.37. The monoisotopic (exact) mass is 702 g/mol. The number of hydrogen-bond acceptors (Lipinski definition) is 9. The van der Waals surface area contributed by atoms with E-state index < -0.39 is 29.8 Å². The van der Waals surface area contributed by atoms with Crippen molar-refractivity contribution in [2.45, 2.75) is 70.5 Å². The third-order valence-electron chi connectivity index (χ3n) is 8.57. The molecule has 2 atom stereocenters. The third kappa shape index (κ3) is 9.11. The minimum Gasteiger partial charge on any atom is -0.481 e. The van der Waals surface area contributed by atoms with E-state index in [0.29, 0.717) is 55.8 Å². The van der Waals surface area contributed by atoms with Crippen LogP contribution in [0.5, 0.6) is 0 Å². The Morgan fingerprint density at radius 2 is 1.69 bits per heavy atom. The maximum atomic E-state index is 15.4. The first kappa shape index (κ1) is 35.7. The molecule has 1 fully saturated rings. The lowest BCUT2D eigenvalue weighted by Crippen LogP contribution is -2.41. The van der Waals surface area contributed by atoms with E-state index in [1.807, 2.05) is 0 Å². The predicted molar refractivity (Wildman–Crippen MR) is 174 cm³/mol. The Morgan fingerprint density at radius 1 is 1.00 bits per heavy atom. The van der Waals surface area contributed by atoms with E-state index in [9.17, 15) is 23.6 Å². The second-order valence-electron chi connectivity index (χ2n) is 12.1. The van der Waals surface area contributed by atoms with Crippen LogP contribution in [0, 0.1) is 17.6 Å². The fourth-order valence-electron chi connectivity index (χ4n) is 6.08. The summed E-state index contributed by atoms with van der Waals surface area (Å²) in [6, 6.07) is 6.81. The Morgan fingerprint density at radius 3 is 2.41 bits per heavy atom. The molecule has 49 heavy (non-hydrogen) atoms. The molecule has 2 unspecified atom stereocenters. The molecule has 0 bridgehead atoms. The van der Waals surface area contributed by atoms with Crippen LogP contribution in [0.25, 0.3) is 11.1 Å². The first-order chi connectivity index (χ1) is 23.5. The van der Waals surface area contributed by atoms with Crippen LogP contribution in [0.15, 0.2) is 40.6 Å². The molecule has 3 aliphatic heterocycles. The molecule has 262 valence electrons. The van der Waals surface area contributed by atoms with Gasteiger partial charge in [-0.3, -0.25) is 19.2 Å². The van der Waals surface area contributed by atoms with E-state index in [2.05, 4.69) is 15.6 Å². The minimum atomic E-state index is -0.962. The van der Waals surface area contributed by atoms with Gasteiger partial charge in [0, 0.05) is 66.7 Å².